The van der Waals surface area contributed by atoms with Crippen LogP contribution in [0.3, 0.4) is 0 Å². The van der Waals surface area contributed by atoms with Crippen LogP contribution in [0, 0.1) is 0 Å². The Balaban J connectivity index is 2.65. The molecule has 1 rings (SSSR count). The molecule has 0 spiro atoms. The second-order valence-electron chi connectivity index (χ2n) is 5.50. The fourth-order valence-electron chi connectivity index (χ4n) is 1.52. The van der Waals surface area contributed by atoms with Gasteiger partial charge in [-0.25, -0.2) is 0 Å². The largest absolute Gasteiger partial charge is 0.309 e. The molecule has 84 valence electrons. The molecular weight excluding hydrogens is 198 g/mol. The minimum absolute atomic E-state index is 1.11. The number of hydrogen-bond donors (Lipinski definition) is 0. The van der Waals surface area contributed by atoms with Crippen LogP contribution in [-0.2, 0) is 6.42 Å². The quantitative estimate of drug-likeness (QED) is 0.706. The Bertz CT molecular complexity index is 295. The molecule has 0 heterocycles. The summed E-state index contributed by atoms with van der Waals surface area (Å²) in [6, 6.07) is 9.21. The van der Waals surface area contributed by atoms with E-state index in [0.717, 1.165) is 13.0 Å². The van der Waals surface area contributed by atoms with Gasteiger partial charge in [0.15, 0.2) is 0 Å². The molecule has 0 aromatic heterocycles. The summed E-state index contributed by atoms with van der Waals surface area (Å²) in [6.07, 6.45) is 1.15. The van der Waals surface area contributed by atoms with Gasteiger partial charge in [0.1, 0.15) is 0 Å². The predicted octanol–water partition coefficient (Wildman–Crippen LogP) is 2.34. The molecule has 0 unspecified atom stereocenters. The maximum atomic E-state index is 2.39. The number of rotatable bonds is 4. The molecule has 0 aliphatic carbocycles. The molecule has 1 aromatic rings. The van der Waals surface area contributed by atoms with Gasteiger partial charge in [-0.15, -0.1) is 0 Å². The standard InChI is InChI=1S/C13H23NSi/c1-14(2)11-10-12-6-8-13(9-7-12)15(3,4)5/h6-9H,10-11H2,1-5H3. The van der Waals surface area contributed by atoms with Crippen LogP contribution < -0.4 is 5.19 Å². The highest BCUT2D eigenvalue weighted by atomic mass is 28.3. The van der Waals surface area contributed by atoms with Crippen LogP contribution in [0.4, 0.5) is 0 Å². The average molecular weight is 221 g/mol. The summed E-state index contributed by atoms with van der Waals surface area (Å²) in [7, 11) is 3.13. The maximum absolute atomic E-state index is 2.39. The van der Waals surface area contributed by atoms with Crippen LogP contribution in [-0.4, -0.2) is 33.6 Å². The number of hydrogen-bond acceptors (Lipinski definition) is 1. The highest BCUT2D eigenvalue weighted by molar-refractivity contribution is 6.88. The van der Waals surface area contributed by atoms with Crippen molar-refractivity contribution in [3.05, 3.63) is 29.8 Å². The third-order valence-corrected chi connectivity index (χ3v) is 4.73. The van der Waals surface area contributed by atoms with Crippen molar-refractivity contribution in [3.8, 4) is 0 Å². The fraction of sp³-hybridized carbons (Fsp3) is 0.538. The van der Waals surface area contributed by atoms with Crippen molar-refractivity contribution < 1.29 is 0 Å². The van der Waals surface area contributed by atoms with Crippen molar-refractivity contribution in [2.45, 2.75) is 26.1 Å². The Labute approximate surface area is 95.1 Å². The molecule has 0 saturated carbocycles. The van der Waals surface area contributed by atoms with Crippen molar-refractivity contribution in [2.24, 2.45) is 0 Å². The van der Waals surface area contributed by atoms with Gasteiger partial charge in [-0.1, -0.05) is 49.1 Å². The van der Waals surface area contributed by atoms with Gasteiger partial charge in [0.2, 0.25) is 0 Å². The van der Waals surface area contributed by atoms with Crippen LogP contribution in [0.2, 0.25) is 19.6 Å². The number of likely N-dealkylation sites (N-methyl/N-ethyl adjacent to an activating group) is 1. The van der Waals surface area contributed by atoms with E-state index < -0.39 is 8.07 Å². The van der Waals surface area contributed by atoms with Crippen LogP contribution in [0.1, 0.15) is 5.56 Å². The lowest BCUT2D eigenvalue weighted by Crippen LogP contribution is -2.37. The second-order valence-corrected chi connectivity index (χ2v) is 10.6. The van der Waals surface area contributed by atoms with E-state index in [1.165, 1.54) is 5.56 Å². The van der Waals surface area contributed by atoms with Crippen molar-refractivity contribution in [1.82, 2.24) is 4.90 Å². The van der Waals surface area contributed by atoms with Crippen LogP contribution in [0.25, 0.3) is 0 Å². The van der Waals surface area contributed by atoms with Crippen molar-refractivity contribution >= 4 is 13.3 Å². The minimum Gasteiger partial charge on any atom is -0.309 e. The maximum Gasteiger partial charge on any atom is 0.0775 e. The van der Waals surface area contributed by atoms with E-state index in [1.54, 1.807) is 5.19 Å². The second kappa shape index (κ2) is 4.95. The highest BCUT2D eigenvalue weighted by Gasteiger charge is 2.15. The van der Waals surface area contributed by atoms with E-state index in [9.17, 15) is 0 Å². The van der Waals surface area contributed by atoms with E-state index in [-0.39, 0.29) is 0 Å². The summed E-state index contributed by atoms with van der Waals surface area (Å²) in [5.41, 5.74) is 1.45. The Morgan fingerprint density at radius 3 is 1.93 bits per heavy atom. The summed E-state index contributed by atoms with van der Waals surface area (Å²) in [4.78, 5) is 2.23. The summed E-state index contributed by atoms with van der Waals surface area (Å²) in [5.74, 6) is 0. The van der Waals surface area contributed by atoms with Gasteiger partial charge in [-0.3, -0.25) is 0 Å². The van der Waals surface area contributed by atoms with Gasteiger partial charge in [0, 0.05) is 6.54 Å². The van der Waals surface area contributed by atoms with E-state index in [2.05, 4.69) is 62.9 Å². The summed E-state index contributed by atoms with van der Waals surface area (Å²) >= 11 is 0. The van der Waals surface area contributed by atoms with Gasteiger partial charge in [0.05, 0.1) is 8.07 Å². The van der Waals surface area contributed by atoms with Crippen LogP contribution >= 0.6 is 0 Å². The first-order valence-corrected chi connectivity index (χ1v) is 9.14. The first kappa shape index (κ1) is 12.5. The highest BCUT2D eigenvalue weighted by Crippen LogP contribution is 2.05. The van der Waals surface area contributed by atoms with Crippen LogP contribution in [0.15, 0.2) is 24.3 Å². The molecule has 0 bridgehead atoms. The molecule has 0 aliphatic heterocycles. The van der Waals surface area contributed by atoms with Gasteiger partial charge in [-0.05, 0) is 26.1 Å². The lowest BCUT2D eigenvalue weighted by atomic mass is 10.1. The van der Waals surface area contributed by atoms with E-state index >= 15 is 0 Å². The summed E-state index contributed by atoms with van der Waals surface area (Å²) in [5, 5.41) is 1.55. The summed E-state index contributed by atoms with van der Waals surface area (Å²) < 4.78 is 0. The molecule has 1 aromatic carbocycles. The molecule has 2 heteroatoms. The zero-order valence-electron chi connectivity index (χ0n) is 10.7. The molecule has 0 aliphatic rings. The minimum atomic E-state index is -1.11. The monoisotopic (exact) mass is 221 g/mol. The molecule has 0 radical (unpaired) electrons. The van der Waals surface area contributed by atoms with Crippen molar-refractivity contribution in [1.29, 1.82) is 0 Å². The normalized spacial score (nSPS) is 12.1. The Morgan fingerprint density at radius 1 is 1.00 bits per heavy atom. The summed E-state index contributed by atoms with van der Waals surface area (Å²) in [6.45, 7) is 8.30. The fourth-order valence-corrected chi connectivity index (χ4v) is 2.69. The van der Waals surface area contributed by atoms with Gasteiger partial charge in [0.25, 0.3) is 0 Å². The first-order chi connectivity index (χ1) is 6.89. The Morgan fingerprint density at radius 2 is 1.53 bits per heavy atom. The predicted molar refractivity (Wildman–Crippen MR) is 71.7 cm³/mol. The topological polar surface area (TPSA) is 3.24 Å². The Kier molecular flexibility index (Phi) is 4.11. The van der Waals surface area contributed by atoms with Crippen LogP contribution in [0.5, 0.6) is 0 Å². The number of nitrogens with zero attached hydrogens (tertiary/aromatic N) is 1. The molecular formula is C13H23NSi. The first-order valence-electron chi connectivity index (χ1n) is 5.64. The van der Waals surface area contributed by atoms with E-state index in [4.69, 9.17) is 0 Å². The molecule has 0 N–H and O–H groups in total. The third kappa shape index (κ3) is 4.18. The zero-order chi connectivity index (χ0) is 11.5. The van der Waals surface area contributed by atoms with Crippen molar-refractivity contribution in [3.63, 3.8) is 0 Å². The molecule has 0 saturated heterocycles. The molecule has 1 nitrogen and oxygen atoms in total. The van der Waals surface area contributed by atoms with Gasteiger partial charge >= 0.3 is 0 Å². The van der Waals surface area contributed by atoms with Gasteiger partial charge < -0.3 is 4.90 Å². The average Bonchev–Trinajstić information content (AvgIpc) is 2.14. The molecule has 0 atom stereocenters. The van der Waals surface area contributed by atoms with Gasteiger partial charge in [-0.2, -0.15) is 0 Å². The molecule has 15 heavy (non-hydrogen) atoms. The van der Waals surface area contributed by atoms with E-state index in [0.29, 0.717) is 0 Å². The smallest absolute Gasteiger partial charge is 0.0775 e. The Hall–Kier alpha value is -0.603. The number of benzene rings is 1. The molecule has 0 fully saturated rings. The zero-order valence-corrected chi connectivity index (χ0v) is 11.7. The van der Waals surface area contributed by atoms with E-state index in [1.807, 2.05) is 0 Å². The third-order valence-electron chi connectivity index (χ3n) is 2.67. The lowest BCUT2D eigenvalue weighted by molar-refractivity contribution is 0.413. The SMILES string of the molecule is CN(C)CCc1ccc([Si](C)(C)C)cc1. The molecule has 0 amide bonds. The lowest BCUT2D eigenvalue weighted by Gasteiger charge is -2.17. The van der Waals surface area contributed by atoms with Crippen molar-refractivity contribution in [2.75, 3.05) is 20.6 Å².